The number of aromatic nitrogens is 2. The molecule has 0 bridgehead atoms. The van der Waals surface area contributed by atoms with Crippen molar-refractivity contribution in [2.75, 3.05) is 38.5 Å². The number of carbonyl (C=O) groups is 2. The van der Waals surface area contributed by atoms with Gasteiger partial charge in [-0.15, -0.1) is 0 Å². The molecule has 1 unspecified atom stereocenters. The van der Waals surface area contributed by atoms with Gasteiger partial charge in [0.25, 0.3) is 0 Å². The van der Waals surface area contributed by atoms with Crippen LogP contribution in [0.3, 0.4) is 0 Å². The summed E-state index contributed by atoms with van der Waals surface area (Å²) in [5.74, 6) is -1.21. The molecule has 16 heteroatoms. The lowest BCUT2D eigenvalue weighted by molar-refractivity contribution is -0.143. The largest absolute Gasteiger partial charge is 0.460 e. The number of alkyl halides is 3. The van der Waals surface area contributed by atoms with Crippen LogP contribution in [0.1, 0.15) is 41.3 Å². The van der Waals surface area contributed by atoms with E-state index in [1.54, 1.807) is 53.7 Å². The zero-order valence-corrected chi connectivity index (χ0v) is 30.3. The molecule has 2 aromatic heterocycles. The van der Waals surface area contributed by atoms with Gasteiger partial charge in [0.2, 0.25) is 11.8 Å². The van der Waals surface area contributed by atoms with Gasteiger partial charge in [0.1, 0.15) is 30.4 Å². The van der Waals surface area contributed by atoms with Crippen molar-refractivity contribution in [3.05, 3.63) is 108 Å². The van der Waals surface area contributed by atoms with Gasteiger partial charge in [-0.25, -0.2) is 18.4 Å². The molecule has 4 atom stereocenters. The van der Waals surface area contributed by atoms with Crippen molar-refractivity contribution in [3.63, 3.8) is 0 Å². The van der Waals surface area contributed by atoms with Crippen LogP contribution in [-0.2, 0) is 38.1 Å². The zero-order chi connectivity index (χ0) is 38.3. The van der Waals surface area contributed by atoms with Gasteiger partial charge >= 0.3 is 6.18 Å². The van der Waals surface area contributed by atoms with Crippen LogP contribution in [0.2, 0.25) is 0 Å². The maximum absolute atomic E-state index is 13.9. The van der Waals surface area contributed by atoms with E-state index in [0.717, 1.165) is 11.1 Å². The average molecular weight is 769 g/mol. The quantitative estimate of drug-likeness (QED) is 0.173. The van der Waals surface area contributed by atoms with Crippen LogP contribution in [0.25, 0.3) is 11.3 Å². The van der Waals surface area contributed by atoms with E-state index in [1.807, 2.05) is 40.5 Å². The summed E-state index contributed by atoms with van der Waals surface area (Å²) in [5.41, 5.74) is 3.01. The van der Waals surface area contributed by atoms with E-state index in [1.165, 1.54) is 6.33 Å². The van der Waals surface area contributed by atoms with Gasteiger partial charge < -0.3 is 20.2 Å². The third kappa shape index (κ3) is 10.7. The molecular weight excluding hydrogens is 726 g/mol. The number of aliphatic hydroxyl groups is 1. The maximum Gasteiger partial charge on any atom is 0.405 e. The second-order valence-corrected chi connectivity index (χ2v) is 16.0. The van der Waals surface area contributed by atoms with E-state index in [4.69, 9.17) is 4.42 Å². The number of halogens is 3. The van der Waals surface area contributed by atoms with Crippen LogP contribution in [0.5, 0.6) is 0 Å². The number of hydrogen-bond acceptors (Lipinski definition) is 10. The number of β-amino-alcohol motifs (C(OH)–C–C–N with tert-alkyl or cyclic N) is 1. The lowest BCUT2D eigenvalue weighted by Crippen LogP contribution is -2.60. The van der Waals surface area contributed by atoms with Crippen LogP contribution in [0.4, 0.5) is 13.2 Å². The highest BCUT2D eigenvalue weighted by atomic mass is 32.2. The normalized spacial score (nSPS) is 20.1. The molecule has 0 spiro atoms. The lowest BCUT2D eigenvalue weighted by atomic mass is 9.91. The summed E-state index contributed by atoms with van der Waals surface area (Å²) in [6.45, 7) is -0.552. The number of fused-ring (bicyclic) bond motifs is 1. The smallest absolute Gasteiger partial charge is 0.405 e. The van der Waals surface area contributed by atoms with Gasteiger partial charge in [-0.05, 0) is 48.1 Å². The number of rotatable bonds is 14. The van der Waals surface area contributed by atoms with Crippen LogP contribution >= 0.6 is 0 Å². The minimum Gasteiger partial charge on any atom is -0.460 e. The van der Waals surface area contributed by atoms with Crippen LogP contribution in [0, 0.1) is 5.92 Å². The van der Waals surface area contributed by atoms with E-state index in [-0.39, 0.29) is 44.1 Å². The summed E-state index contributed by atoms with van der Waals surface area (Å²) >= 11 is 0. The van der Waals surface area contributed by atoms with E-state index < -0.39 is 58.5 Å². The summed E-state index contributed by atoms with van der Waals surface area (Å²) in [5, 5.41) is 16.4. The molecule has 2 amide bonds. The Morgan fingerprint density at radius 2 is 1.74 bits per heavy atom. The first-order valence-corrected chi connectivity index (χ1v) is 19.6. The second-order valence-electron chi connectivity index (χ2n) is 13.9. The highest BCUT2D eigenvalue weighted by Gasteiger charge is 2.37. The van der Waals surface area contributed by atoms with Gasteiger partial charge in [0, 0.05) is 44.5 Å². The van der Waals surface area contributed by atoms with Gasteiger partial charge in [-0.1, -0.05) is 54.6 Å². The summed E-state index contributed by atoms with van der Waals surface area (Å²) in [6.07, 6.45) is -0.295. The Morgan fingerprint density at radius 3 is 2.50 bits per heavy atom. The summed E-state index contributed by atoms with van der Waals surface area (Å²) in [7, 11) is -3.47. The highest BCUT2D eigenvalue weighted by molar-refractivity contribution is 7.90. The fourth-order valence-electron chi connectivity index (χ4n) is 7.13. The van der Waals surface area contributed by atoms with Crippen LogP contribution < -0.4 is 10.6 Å². The fraction of sp³-hybridized carbons (Fsp3) is 0.421. The van der Waals surface area contributed by atoms with Crippen molar-refractivity contribution in [2.45, 2.75) is 55.9 Å². The number of amides is 2. The highest BCUT2D eigenvalue weighted by Crippen LogP contribution is 2.30. The number of nitrogens with zero attached hydrogens (tertiary/aromatic N) is 4. The zero-order valence-electron chi connectivity index (χ0n) is 29.5. The maximum atomic E-state index is 13.9. The number of nitrogens with one attached hydrogen (secondary N) is 2. The number of aryl methyl sites for hydroxylation is 1. The van der Waals surface area contributed by atoms with E-state index >= 15 is 0 Å². The SMILES string of the molecule is O=C(NC1CS(=O)(=O)Cc2ccccc21)[C@H](CCc1ccccc1)C[C@H](O)CN1CCN(Cc2ccc(-c3cncnc3)o2)C[C@H]1C(=O)NCC(F)(F)F. The standard InChI is InChI=1S/C38H43F3N6O6S/c39-38(40,41)24-44-37(50)34-21-46(20-31-12-13-35(53-31)29-17-42-25-43-18-29)14-15-47(34)19-30(48)16-27(11-10-26-6-2-1-3-7-26)36(49)45-33-23-54(51,52)22-28-8-4-5-9-32(28)33/h1-9,12-13,17-18,25,27,30,33-34,48H,10-11,14-16,19-24H2,(H,44,50)(H,45,49)/t27-,30+,33?,34+/m1/s1. The van der Waals surface area contributed by atoms with E-state index in [9.17, 15) is 36.3 Å². The van der Waals surface area contributed by atoms with Gasteiger partial charge in [0.15, 0.2) is 9.84 Å². The van der Waals surface area contributed by atoms with E-state index in [0.29, 0.717) is 42.0 Å². The summed E-state index contributed by atoms with van der Waals surface area (Å²) in [4.78, 5) is 38.7. The Kier molecular flexibility index (Phi) is 12.5. The van der Waals surface area contributed by atoms with Crippen molar-refractivity contribution in [1.29, 1.82) is 0 Å². The number of furan rings is 1. The van der Waals surface area contributed by atoms with E-state index in [2.05, 4.69) is 15.3 Å². The molecule has 1 saturated heterocycles. The molecule has 2 aromatic carbocycles. The number of piperazine rings is 1. The molecular formula is C38H43F3N6O6S. The Bertz CT molecular complexity index is 1980. The molecule has 0 radical (unpaired) electrons. The van der Waals surface area contributed by atoms with Gasteiger partial charge in [-0.2, -0.15) is 13.2 Å². The molecule has 2 aliphatic rings. The topological polar surface area (TPSA) is 158 Å². The average Bonchev–Trinajstić information content (AvgIpc) is 3.61. The Hall–Kier alpha value is -4.64. The minimum atomic E-state index is -4.61. The second kappa shape index (κ2) is 17.2. The number of benzene rings is 2. The lowest BCUT2D eigenvalue weighted by Gasteiger charge is -2.41. The number of hydrogen-bond donors (Lipinski definition) is 3. The predicted octanol–water partition coefficient (Wildman–Crippen LogP) is 3.69. The fourth-order valence-corrected chi connectivity index (χ4v) is 8.75. The van der Waals surface area contributed by atoms with Gasteiger partial charge in [0.05, 0.1) is 35.8 Å². The molecule has 4 heterocycles. The Balaban J connectivity index is 1.15. The monoisotopic (exact) mass is 768 g/mol. The van der Waals surface area contributed by atoms with Crippen molar-refractivity contribution in [3.8, 4) is 11.3 Å². The molecule has 3 N–H and O–H groups in total. The van der Waals surface area contributed by atoms with Gasteiger partial charge in [-0.3, -0.25) is 19.4 Å². The van der Waals surface area contributed by atoms with Crippen molar-refractivity contribution in [2.24, 2.45) is 5.92 Å². The number of sulfone groups is 1. The molecule has 1 fully saturated rings. The minimum absolute atomic E-state index is 0.0186. The molecule has 4 aromatic rings. The van der Waals surface area contributed by atoms with Crippen LogP contribution in [-0.4, -0.2) is 102 Å². The number of carbonyl (C=O) groups excluding carboxylic acids is 2. The number of aliphatic hydroxyl groups excluding tert-OH is 1. The first-order chi connectivity index (χ1) is 25.8. The molecule has 2 aliphatic heterocycles. The summed E-state index contributed by atoms with van der Waals surface area (Å²) < 4.78 is 70.9. The molecule has 288 valence electrons. The first kappa shape index (κ1) is 39.1. The Labute approximate surface area is 311 Å². The van der Waals surface area contributed by atoms with Crippen LogP contribution in [0.15, 0.2) is 89.9 Å². The third-order valence-corrected chi connectivity index (χ3v) is 11.4. The molecule has 12 nitrogen and oxygen atoms in total. The van der Waals surface area contributed by atoms with Crippen molar-refractivity contribution in [1.82, 2.24) is 30.4 Å². The molecule has 6 rings (SSSR count). The summed E-state index contributed by atoms with van der Waals surface area (Å²) in [6, 6.07) is 18.3. The van der Waals surface area contributed by atoms with Crippen molar-refractivity contribution >= 4 is 21.7 Å². The van der Waals surface area contributed by atoms with Crippen molar-refractivity contribution < 1.29 is 40.7 Å². The molecule has 54 heavy (non-hydrogen) atoms. The first-order valence-electron chi connectivity index (χ1n) is 17.8. The third-order valence-electron chi connectivity index (χ3n) is 9.77. The molecule has 0 aliphatic carbocycles. The predicted molar refractivity (Wildman–Crippen MR) is 193 cm³/mol. The Morgan fingerprint density at radius 1 is 1.00 bits per heavy atom. The molecule has 0 saturated carbocycles.